The van der Waals surface area contributed by atoms with Crippen LogP contribution in [0, 0.1) is 4.21 Å². The van der Waals surface area contributed by atoms with Crippen LogP contribution in [0.3, 0.4) is 0 Å². The average Bonchev–Trinajstić information content (AvgIpc) is 2.29. The van der Waals surface area contributed by atoms with Crippen LogP contribution in [0.5, 0.6) is 0 Å². The van der Waals surface area contributed by atoms with Gasteiger partial charge in [0.05, 0.1) is 0 Å². The molecule has 0 radical (unpaired) electrons. The molecule has 1 heterocycles. The molecule has 0 aromatic heterocycles. The molecule has 0 spiro atoms. The summed E-state index contributed by atoms with van der Waals surface area (Å²) >= 11 is 9.11. The molecular formula is C14H29I2LiS2Si. The Kier molecular flexibility index (Phi) is 15.6. The zero-order chi connectivity index (χ0) is 15.1. The maximum Gasteiger partial charge on any atom is 1.00 e. The van der Waals surface area contributed by atoms with E-state index in [9.17, 15) is 0 Å². The van der Waals surface area contributed by atoms with E-state index in [1.54, 1.807) is 4.21 Å². The van der Waals surface area contributed by atoms with Crippen LogP contribution >= 0.6 is 68.7 Å². The molecule has 1 aliphatic rings. The maximum atomic E-state index is 2.52. The van der Waals surface area contributed by atoms with Gasteiger partial charge in [0.25, 0.3) is 0 Å². The zero-order valence-electron chi connectivity index (χ0n) is 14.2. The molecule has 1 saturated heterocycles. The van der Waals surface area contributed by atoms with E-state index in [0.29, 0.717) is 5.04 Å². The first-order valence-electron chi connectivity index (χ1n) is 6.96. The van der Waals surface area contributed by atoms with Gasteiger partial charge in [-0.2, -0.15) is 0 Å². The maximum absolute atomic E-state index is 2.52. The van der Waals surface area contributed by atoms with Crippen molar-refractivity contribution in [2.45, 2.75) is 62.6 Å². The van der Waals surface area contributed by atoms with E-state index in [2.05, 4.69) is 109 Å². The predicted octanol–water partition coefficient (Wildman–Crippen LogP) is 4.03. The van der Waals surface area contributed by atoms with Gasteiger partial charge in [0.1, 0.15) is 0 Å². The number of thioether (sulfide) groups is 2. The topological polar surface area (TPSA) is 0 Å². The van der Waals surface area contributed by atoms with Gasteiger partial charge in [0, 0.05) is 8.35 Å². The minimum atomic E-state index is -1.16. The summed E-state index contributed by atoms with van der Waals surface area (Å²) in [4.78, 5) is 0. The Hall–Kier alpha value is 2.97. The third-order valence-electron chi connectivity index (χ3n) is 3.65. The van der Waals surface area contributed by atoms with E-state index in [1.165, 1.54) is 28.8 Å². The molecule has 20 heavy (non-hydrogen) atoms. The van der Waals surface area contributed by atoms with Crippen molar-refractivity contribution in [3.63, 3.8) is 0 Å². The molecule has 1 unspecified atom stereocenters. The number of rotatable bonds is 3. The first-order chi connectivity index (χ1) is 8.63. The second kappa shape index (κ2) is 12.4. The molecule has 0 aliphatic carbocycles. The van der Waals surface area contributed by atoms with E-state index in [0.717, 1.165) is 3.92 Å². The summed E-state index contributed by atoms with van der Waals surface area (Å²) in [5, 5.41) is 0.514. The third-order valence-corrected chi connectivity index (χ3v) is 15.8. The smallest absolute Gasteiger partial charge is 0.339 e. The fourth-order valence-electron chi connectivity index (χ4n) is 1.25. The van der Waals surface area contributed by atoms with Crippen LogP contribution in [-0.2, 0) is 0 Å². The molecule has 1 aliphatic heterocycles. The minimum Gasteiger partial charge on any atom is -0.339 e. The zero-order valence-corrected chi connectivity index (χ0v) is 21.1. The number of halogens is 2. The Balaban J connectivity index is 0. The van der Waals surface area contributed by atoms with Crippen LogP contribution in [0.1, 0.15) is 40.5 Å². The second-order valence-electron chi connectivity index (χ2n) is 6.47. The van der Waals surface area contributed by atoms with E-state index in [4.69, 9.17) is 0 Å². The Morgan fingerprint density at radius 2 is 1.65 bits per heavy atom. The standard InChI is InChI=1S/C10H21S2Si.C4H8I2.Li/c1-10(2,3)13(4,5)9-11-7-6-8-12-9;1-4(6)2-3-5;/h6-8H2,1-5H3;4H,2-3H2,1H3;/q-1;;+1. The second-order valence-corrected chi connectivity index (χ2v) is 18.1. The Morgan fingerprint density at radius 1 is 1.20 bits per heavy atom. The summed E-state index contributed by atoms with van der Waals surface area (Å²) in [6.07, 6.45) is 2.74. The Labute approximate surface area is 176 Å². The number of hydrogen-bond acceptors (Lipinski definition) is 2. The first kappa shape index (κ1) is 25.2. The molecular weight excluding hydrogens is 521 g/mol. The van der Waals surface area contributed by atoms with Gasteiger partial charge in [-0.1, -0.05) is 99.1 Å². The summed E-state index contributed by atoms with van der Waals surface area (Å²) in [7, 11) is -1.16. The van der Waals surface area contributed by atoms with Gasteiger partial charge in [-0.25, -0.2) is 4.21 Å². The largest absolute Gasteiger partial charge is 1.00 e. The van der Waals surface area contributed by atoms with Crippen molar-refractivity contribution in [2.75, 3.05) is 15.9 Å². The number of alkyl halides is 2. The molecule has 0 aromatic carbocycles. The normalized spacial score (nSPS) is 18.6. The van der Waals surface area contributed by atoms with Gasteiger partial charge in [-0.05, 0) is 24.3 Å². The number of hydrogen-bond donors (Lipinski definition) is 0. The van der Waals surface area contributed by atoms with Gasteiger partial charge < -0.3 is 23.5 Å². The van der Waals surface area contributed by atoms with Crippen LogP contribution in [0.2, 0.25) is 18.1 Å². The molecule has 1 rings (SSSR count). The molecule has 1 atom stereocenters. The van der Waals surface area contributed by atoms with Crippen molar-refractivity contribution in [3.05, 3.63) is 4.21 Å². The van der Waals surface area contributed by atoms with E-state index < -0.39 is 8.07 Å². The van der Waals surface area contributed by atoms with Crippen LogP contribution < -0.4 is 18.9 Å². The van der Waals surface area contributed by atoms with Crippen molar-refractivity contribution in [2.24, 2.45) is 0 Å². The summed E-state index contributed by atoms with van der Waals surface area (Å²) in [5.74, 6) is 2.71. The molecule has 0 N–H and O–H groups in total. The van der Waals surface area contributed by atoms with Gasteiger partial charge in [0.15, 0.2) is 0 Å². The van der Waals surface area contributed by atoms with E-state index in [-0.39, 0.29) is 18.9 Å². The van der Waals surface area contributed by atoms with Crippen molar-refractivity contribution in [1.82, 2.24) is 0 Å². The van der Waals surface area contributed by atoms with Gasteiger partial charge in [-0.15, -0.1) is 0 Å². The fraction of sp³-hybridized carbons (Fsp3) is 0.929. The van der Waals surface area contributed by atoms with Crippen LogP contribution in [-0.4, -0.2) is 27.9 Å². The van der Waals surface area contributed by atoms with E-state index in [1.807, 2.05) is 0 Å². The molecule has 0 aromatic rings. The van der Waals surface area contributed by atoms with E-state index >= 15 is 0 Å². The monoisotopic (exact) mass is 550 g/mol. The van der Waals surface area contributed by atoms with Crippen LogP contribution in [0.4, 0.5) is 0 Å². The molecule has 0 amide bonds. The molecule has 1 fully saturated rings. The SMILES string of the molecule is CC(C)(C)[Si](C)(C)[C-]1SCCCS1.CC(I)CCI.[Li+]. The fourth-order valence-corrected chi connectivity index (χ4v) is 11.6. The predicted molar refractivity (Wildman–Crippen MR) is 117 cm³/mol. The average molecular weight is 550 g/mol. The van der Waals surface area contributed by atoms with Crippen molar-refractivity contribution in [1.29, 1.82) is 0 Å². The van der Waals surface area contributed by atoms with Gasteiger partial charge in [-0.3, -0.25) is 0 Å². The van der Waals surface area contributed by atoms with Crippen molar-refractivity contribution in [3.8, 4) is 0 Å². The van der Waals surface area contributed by atoms with Gasteiger partial charge in [0.2, 0.25) is 0 Å². The minimum absolute atomic E-state index is 0. The first-order valence-corrected chi connectivity index (χ1v) is 14.7. The molecule has 116 valence electrons. The quantitative estimate of drug-likeness (QED) is 0.226. The van der Waals surface area contributed by atoms with Crippen LogP contribution in [0.15, 0.2) is 0 Å². The Morgan fingerprint density at radius 3 is 1.90 bits per heavy atom. The molecule has 0 bridgehead atoms. The Bertz CT molecular complexity index is 240. The summed E-state index contributed by atoms with van der Waals surface area (Å²) in [5.41, 5.74) is 0. The van der Waals surface area contributed by atoms with Crippen molar-refractivity contribution < 1.29 is 18.9 Å². The van der Waals surface area contributed by atoms with Crippen LogP contribution in [0.25, 0.3) is 0 Å². The van der Waals surface area contributed by atoms with Crippen molar-refractivity contribution >= 4 is 76.8 Å². The summed E-state index contributed by atoms with van der Waals surface area (Å²) in [6.45, 7) is 14.5. The molecule has 0 saturated carbocycles. The third kappa shape index (κ3) is 9.97. The summed E-state index contributed by atoms with van der Waals surface area (Å²) in [6, 6.07) is 0. The molecule has 0 nitrogen and oxygen atoms in total. The van der Waals surface area contributed by atoms with Gasteiger partial charge >= 0.3 is 18.9 Å². The molecule has 6 heteroatoms. The summed E-state index contributed by atoms with van der Waals surface area (Å²) < 4.78 is 3.94.